The first kappa shape index (κ1) is 14.4. The average Bonchev–Trinajstić information content (AvgIpc) is 3.25. The van der Waals surface area contributed by atoms with E-state index in [4.69, 9.17) is 4.74 Å². The molecule has 0 radical (unpaired) electrons. The normalized spacial score (nSPS) is 14.1. The Hall–Kier alpha value is -2.50. The van der Waals surface area contributed by atoms with Gasteiger partial charge in [-0.05, 0) is 44.9 Å². The van der Waals surface area contributed by atoms with E-state index in [1.165, 1.54) is 0 Å². The number of aromatic nitrogens is 3. The minimum absolute atomic E-state index is 0.175. The van der Waals surface area contributed by atoms with Crippen LogP contribution in [0.25, 0.3) is 5.69 Å². The molecule has 6 heteroatoms. The summed E-state index contributed by atoms with van der Waals surface area (Å²) in [7, 11) is 0. The van der Waals surface area contributed by atoms with Crippen molar-refractivity contribution in [3.63, 3.8) is 0 Å². The highest BCUT2D eigenvalue weighted by Crippen LogP contribution is 2.41. The molecule has 1 saturated carbocycles. The van der Waals surface area contributed by atoms with Gasteiger partial charge < -0.3 is 4.74 Å². The minimum atomic E-state index is -0.374. The van der Waals surface area contributed by atoms with Crippen LogP contribution < -0.4 is 0 Å². The van der Waals surface area contributed by atoms with Gasteiger partial charge in [-0.3, -0.25) is 4.79 Å². The van der Waals surface area contributed by atoms with Crippen molar-refractivity contribution in [3.05, 3.63) is 41.2 Å². The van der Waals surface area contributed by atoms with Crippen molar-refractivity contribution in [2.45, 2.75) is 38.7 Å². The summed E-state index contributed by atoms with van der Waals surface area (Å²) in [6.45, 7) is 3.61. The number of benzene rings is 1. The third kappa shape index (κ3) is 2.77. The molecule has 1 heterocycles. The lowest BCUT2D eigenvalue weighted by molar-refractivity contribution is 0.0378. The zero-order valence-corrected chi connectivity index (χ0v) is 12.5. The Bertz CT molecular complexity index is 717. The summed E-state index contributed by atoms with van der Waals surface area (Å²) in [5.41, 5.74) is 2.36. The van der Waals surface area contributed by atoms with Crippen LogP contribution in [-0.2, 0) is 4.74 Å². The van der Waals surface area contributed by atoms with E-state index >= 15 is 0 Å². The fraction of sp³-hybridized carbons (Fsp3) is 0.375. The van der Waals surface area contributed by atoms with E-state index in [2.05, 4.69) is 10.3 Å². The van der Waals surface area contributed by atoms with Crippen LogP contribution in [-0.4, -0.2) is 33.4 Å². The Morgan fingerprint density at radius 2 is 2.18 bits per heavy atom. The molecule has 22 heavy (non-hydrogen) atoms. The van der Waals surface area contributed by atoms with Crippen molar-refractivity contribution in [3.8, 4) is 5.69 Å². The molecule has 114 valence electrons. The van der Waals surface area contributed by atoms with Gasteiger partial charge in [0.05, 0.1) is 23.0 Å². The third-order valence-corrected chi connectivity index (χ3v) is 3.48. The molecule has 0 amide bonds. The van der Waals surface area contributed by atoms with Crippen molar-refractivity contribution >= 4 is 12.3 Å². The number of carbonyl (C=O) groups excluding carboxylic acids is 2. The summed E-state index contributed by atoms with van der Waals surface area (Å²) < 4.78 is 6.85. The molecule has 6 nitrogen and oxygen atoms in total. The SMILES string of the molecule is CC(C)OC(=O)c1cccc(-n2nnc(C=O)c2C2CC2)c1. The zero-order chi connectivity index (χ0) is 15.7. The average molecular weight is 299 g/mol. The van der Waals surface area contributed by atoms with Gasteiger partial charge in [0, 0.05) is 5.92 Å². The standard InChI is InChI=1S/C16H17N3O3/c1-10(2)22-16(21)12-4-3-5-13(8-12)19-15(11-6-7-11)14(9-20)17-18-19/h3-5,8-11H,6-7H2,1-2H3. The van der Waals surface area contributed by atoms with Gasteiger partial charge in [0.1, 0.15) is 5.69 Å². The molecule has 0 unspecified atom stereocenters. The zero-order valence-electron chi connectivity index (χ0n) is 12.5. The van der Waals surface area contributed by atoms with E-state index in [0.717, 1.165) is 24.8 Å². The number of aldehydes is 1. The molecule has 0 bridgehead atoms. The molecule has 0 spiro atoms. The molecule has 0 atom stereocenters. The van der Waals surface area contributed by atoms with Gasteiger partial charge >= 0.3 is 5.97 Å². The number of ether oxygens (including phenoxy) is 1. The fourth-order valence-corrected chi connectivity index (χ4v) is 2.36. The molecule has 0 aliphatic heterocycles. The molecule has 1 aromatic carbocycles. The van der Waals surface area contributed by atoms with Crippen LogP contribution in [0.1, 0.15) is 59.1 Å². The second kappa shape index (κ2) is 5.71. The topological polar surface area (TPSA) is 74.1 Å². The molecule has 2 aromatic rings. The maximum Gasteiger partial charge on any atom is 0.338 e. The molecule has 1 aliphatic rings. The van der Waals surface area contributed by atoms with E-state index < -0.39 is 0 Å². The van der Waals surface area contributed by atoms with E-state index in [0.29, 0.717) is 22.9 Å². The third-order valence-electron chi connectivity index (χ3n) is 3.48. The predicted molar refractivity (Wildman–Crippen MR) is 79.3 cm³/mol. The molecular formula is C16H17N3O3. The molecule has 0 saturated heterocycles. The highest BCUT2D eigenvalue weighted by molar-refractivity contribution is 5.90. The van der Waals surface area contributed by atoms with Gasteiger partial charge in [-0.25, -0.2) is 9.48 Å². The second-order valence-corrected chi connectivity index (χ2v) is 5.67. The number of nitrogens with zero attached hydrogens (tertiary/aromatic N) is 3. The maximum absolute atomic E-state index is 12.0. The highest BCUT2D eigenvalue weighted by Gasteiger charge is 2.31. The van der Waals surface area contributed by atoms with Crippen molar-refractivity contribution in [1.29, 1.82) is 0 Å². The number of hydrogen-bond acceptors (Lipinski definition) is 5. The van der Waals surface area contributed by atoms with Gasteiger partial charge in [0.2, 0.25) is 0 Å². The molecule has 1 aliphatic carbocycles. The van der Waals surface area contributed by atoms with Crippen molar-refractivity contribution < 1.29 is 14.3 Å². The first-order valence-corrected chi connectivity index (χ1v) is 7.32. The second-order valence-electron chi connectivity index (χ2n) is 5.67. The van der Waals surface area contributed by atoms with Crippen molar-refractivity contribution in [1.82, 2.24) is 15.0 Å². The Balaban J connectivity index is 1.97. The summed E-state index contributed by atoms with van der Waals surface area (Å²) in [6, 6.07) is 7.01. The summed E-state index contributed by atoms with van der Waals surface area (Å²) in [4.78, 5) is 23.1. The summed E-state index contributed by atoms with van der Waals surface area (Å²) in [6.07, 6.45) is 2.62. The number of carbonyl (C=O) groups is 2. The lowest BCUT2D eigenvalue weighted by Gasteiger charge is -2.10. The van der Waals surface area contributed by atoms with Crippen LogP contribution in [0.3, 0.4) is 0 Å². The van der Waals surface area contributed by atoms with Gasteiger partial charge in [0.25, 0.3) is 0 Å². The predicted octanol–water partition coefficient (Wildman–Crippen LogP) is 2.52. The van der Waals surface area contributed by atoms with Gasteiger partial charge in [-0.1, -0.05) is 11.3 Å². The number of esters is 1. The molecular weight excluding hydrogens is 282 g/mol. The Morgan fingerprint density at radius 3 is 2.82 bits per heavy atom. The molecule has 3 rings (SSSR count). The first-order chi connectivity index (χ1) is 10.6. The maximum atomic E-state index is 12.0. The number of hydrogen-bond donors (Lipinski definition) is 0. The lowest BCUT2D eigenvalue weighted by Crippen LogP contribution is -2.12. The van der Waals surface area contributed by atoms with Crippen LogP contribution >= 0.6 is 0 Å². The van der Waals surface area contributed by atoms with Crippen LogP contribution in [0.2, 0.25) is 0 Å². The van der Waals surface area contributed by atoms with Crippen molar-refractivity contribution in [2.24, 2.45) is 0 Å². The highest BCUT2D eigenvalue weighted by atomic mass is 16.5. The Morgan fingerprint density at radius 1 is 1.41 bits per heavy atom. The van der Waals surface area contributed by atoms with Gasteiger partial charge in [-0.2, -0.15) is 0 Å². The molecule has 0 N–H and O–H groups in total. The van der Waals surface area contributed by atoms with Crippen LogP contribution in [0, 0.1) is 0 Å². The first-order valence-electron chi connectivity index (χ1n) is 7.32. The Kier molecular flexibility index (Phi) is 3.75. The van der Waals surface area contributed by atoms with Gasteiger partial charge in [0.15, 0.2) is 6.29 Å². The van der Waals surface area contributed by atoms with Crippen LogP contribution in [0.15, 0.2) is 24.3 Å². The summed E-state index contributed by atoms with van der Waals surface area (Å²) >= 11 is 0. The smallest absolute Gasteiger partial charge is 0.338 e. The van der Waals surface area contributed by atoms with E-state index in [-0.39, 0.29) is 12.1 Å². The van der Waals surface area contributed by atoms with Crippen LogP contribution in [0.4, 0.5) is 0 Å². The van der Waals surface area contributed by atoms with Crippen LogP contribution in [0.5, 0.6) is 0 Å². The van der Waals surface area contributed by atoms with E-state index in [1.54, 1.807) is 36.7 Å². The van der Waals surface area contributed by atoms with E-state index in [1.807, 2.05) is 6.07 Å². The summed E-state index contributed by atoms with van der Waals surface area (Å²) in [5, 5.41) is 7.99. The monoisotopic (exact) mass is 299 g/mol. The summed E-state index contributed by atoms with van der Waals surface area (Å²) in [5.74, 6) is -0.0537. The molecule has 1 fully saturated rings. The van der Waals surface area contributed by atoms with Crippen molar-refractivity contribution in [2.75, 3.05) is 0 Å². The lowest BCUT2D eigenvalue weighted by atomic mass is 10.2. The Labute approximate surface area is 128 Å². The molecule has 1 aromatic heterocycles. The largest absolute Gasteiger partial charge is 0.459 e. The quantitative estimate of drug-likeness (QED) is 0.626. The van der Waals surface area contributed by atoms with Gasteiger partial charge in [-0.15, -0.1) is 5.10 Å². The van der Waals surface area contributed by atoms with E-state index in [9.17, 15) is 9.59 Å². The minimum Gasteiger partial charge on any atom is -0.459 e. The number of rotatable bonds is 5. The fourth-order valence-electron chi connectivity index (χ4n) is 2.36.